The van der Waals surface area contributed by atoms with Crippen molar-refractivity contribution in [3.05, 3.63) is 60.8 Å². The van der Waals surface area contributed by atoms with Gasteiger partial charge in [-0.2, -0.15) is 0 Å². The molecule has 10 heteroatoms. The largest absolute Gasteiger partial charge is 0.472 e. The molecule has 0 aliphatic carbocycles. The van der Waals surface area contributed by atoms with E-state index >= 15 is 0 Å². The summed E-state index contributed by atoms with van der Waals surface area (Å²) in [5, 5.41) is 0. The first kappa shape index (κ1) is 75.7. The van der Waals surface area contributed by atoms with Gasteiger partial charge in [0.25, 0.3) is 0 Å². The Bertz CT molecular complexity index is 1500. The first-order chi connectivity index (χ1) is 38.0. The third-order valence-corrected chi connectivity index (χ3v) is 15.5. The molecule has 456 valence electrons. The van der Waals surface area contributed by atoms with Crippen LogP contribution >= 0.6 is 7.82 Å². The standard InChI is InChI=1S/C68H126NO8P/c1-6-8-10-12-14-16-18-20-22-24-26-28-30-32-33-34-35-37-38-40-42-44-46-48-50-52-54-56-58-60-67(70)74-64-66(65-76-78(72,73)75-63-62-69(3,4)5)77-68(71)61-59-57-55-53-51-49-47-45-43-41-39-36-31-29-27-25-23-21-19-17-15-13-11-9-7-2/h9,11,15,17,21,23-24,26-27,29,66H,6-8,10,12-14,16,18-20,22,25,28,30-65H2,1-5H3/p+1/b11-9-,17-15-,23-21-,26-24-,29-27-. The maximum Gasteiger partial charge on any atom is 0.472 e. The number of phosphoric acid groups is 1. The lowest BCUT2D eigenvalue weighted by Gasteiger charge is -2.24. The third kappa shape index (κ3) is 62.9. The number of ether oxygens (including phenoxy) is 2. The number of hydrogen-bond acceptors (Lipinski definition) is 7. The summed E-state index contributed by atoms with van der Waals surface area (Å²) in [6, 6.07) is 0. The highest BCUT2D eigenvalue weighted by Crippen LogP contribution is 2.43. The summed E-state index contributed by atoms with van der Waals surface area (Å²) in [5.41, 5.74) is 0. The van der Waals surface area contributed by atoms with Gasteiger partial charge in [-0.25, -0.2) is 4.57 Å². The second-order valence-corrected chi connectivity index (χ2v) is 24.9. The van der Waals surface area contributed by atoms with E-state index in [1.807, 2.05) is 21.1 Å². The van der Waals surface area contributed by atoms with Crippen LogP contribution in [-0.4, -0.2) is 74.9 Å². The number of unbranched alkanes of at least 4 members (excludes halogenated alkanes) is 37. The number of carbonyl (C=O) groups excluding carboxylic acids is 2. The predicted octanol–water partition coefficient (Wildman–Crippen LogP) is 21.0. The van der Waals surface area contributed by atoms with E-state index in [-0.39, 0.29) is 25.6 Å². The molecule has 0 aliphatic heterocycles. The highest BCUT2D eigenvalue weighted by molar-refractivity contribution is 7.47. The zero-order valence-electron chi connectivity index (χ0n) is 51.9. The monoisotopic (exact) mass is 1120 g/mol. The van der Waals surface area contributed by atoms with E-state index in [1.165, 1.54) is 212 Å². The van der Waals surface area contributed by atoms with Gasteiger partial charge in [0.2, 0.25) is 0 Å². The minimum atomic E-state index is -4.39. The molecule has 0 aromatic rings. The van der Waals surface area contributed by atoms with Crippen LogP contribution in [0.4, 0.5) is 0 Å². The zero-order chi connectivity index (χ0) is 57.0. The maximum absolute atomic E-state index is 12.9. The minimum absolute atomic E-state index is 0.0312. The Hall–Kier alpha value is -2.29. The molecule has 2 atom stereocenters. The topological polar surface area (TPSA) is 108 Å². The van der Waals surface area contributed by atoms with Gasteiger partial charge in [-0.05, 0) is 77.0 Å². The van der Waals surface area contributed by atoms with Gasteiger partial charge < -0.3 is 18.9 Å². The van der Waals surface area contributed by atoms with Crippen LogP contribution in [0, 0.1) is 0 Å². The van der Waals surface area contributed by atoms with E-state index in [0.29, 0.717) is 23.9 Å². The number of quaternary nitrogens is 1. The van der Waals surface area contributed by atoms with Crippen LogP contribution in [0.2, 0.25) is 0 Å². The van der Waals surface area contributed by atoms with Crippen molar-refractivity contribution in [2.75, 3.05) is 47.5 Å². The quantitative estimate of drug-likeness (QED) is 0.0211. The lowest BCUT2D eigenvalue weighted by atomic mass is 10.0. The van der Waals surface area contributed by atoms with Gasteiger partial charge in [-0.3, -0.25) is 18.6 Å². The van der Waals surface area contributed by atoms with Crippen LogP contribution < -0.4 is 0 Å². The number of allylic oxidation sites excluding steroid dienone is 10. The number of hydrogen-bond donors (Lipinski definition) is 1. The summed E-state index contributed by atoms with van der Waals surface area (Å²) in [6.07, 6.45) is 77.4. The van der Waals surface area contributed by atoms with E-state index in [2.05, 4.69) is 74.6 Å². The Morgan fingerprint density at radius 2 is 0.731 bits per heavy atom. The predicted molar refractivity (Wildman–Crippen MR) is 335 cm³/mol. The SMILES string of the molecule is CC/C=C\C/C=C\C/C=C\C/C=C\CCCCCCCCCCCCCCC(=O)OC(COC(=O)CCCCCCCCCCCCCCCCCCC/C=C\CCCCCCCCCC)COP(=O)(O)OCC[N+](C)(C)C. The smallest absolute Gasteiger partial charge is 0.462 e. The van der Waals surface area contributed by atoms with Crippen molar-refractivity contribution in [2.24, 2.45) is 0 Å². The van der Waals surface area contributed by atoms with Gasteiger partial charge in [0, 0.05) is 12.8 Å². The molecule has 0 aromatic carbocycles. The average molecular weight is 1120 g/mol. The molecule has 0 fully saturated rings. The van der Waals surface area contributed by atoms with Crippen LogP contribution in [0.1, 0.15) is 309 Å². The fourth-order valence-corrected chi connectivity index (χ4v) is 10.2. The second kappa shape index (κ2) is 59.3. The highest BCUT2D eigenvalue weighted by atomic mass is 31.2. The van der Waals surface area contributed by atoms with E-state index < -0.39 is 26.5 Å². The molecule has 9 nitrogen and oxygen atoms in total. The zero-order valence-corrected chi connectivity index (χ0v) is 52.8. The molecule has 0 saturated heterocycles. The van der Waals surface area contributed by atoms with Crippen molar-refractivity contribution in [2.45, 2.75) is 315 Å². The molecule has 2 unspecified atom stereocenters. The first-order valence-electron chi connectivity index (χ1n) is 33.0. The molecule has 78 heavy (non-hydrogen) atoms. The molecule has 0 aliphatic rings. The summed E-state index contributed by atoms with van der Waals surface area (Å²) in [7, 11) is 1.48. The Morgan fingerprint density at radius 3 is 1.10 bits per heavy atom. The molecule has 0 heterocycles. The maximum atomic E-state index is 12.9. The number of esters is 2. The van der Waals surface area contributed by atoms with Gasteiger partial charge in [-0.15, -0.1) is 0 Å². The van der Waals surface area contributed by atoms with Gasteiger partial charge in [0.05, 0.1) is 27.7 Å². The van der Waals surface area contributed by atoms with Crippen molar-refractivity contribution >= 4 is 19.8 Å². The van der Waals surface area contributed by atoms with Crippen molar-refractivity contribution in [1.82, 2.24) is 0 Å². The number of likely N-dealkylation sites (N-methyl/N-ethyl adjacent to an activating group) is 1. The van der Waals surface area contributed by atoms with Crippen molar-refractivity contribution < 1.29 is 42.1 Å². The summed E-state index contributed by atoms with van der Waals surface area (Å²) in [4.78, 5) is 35.8. The highest BCUT2D eigenvalue weighted by Gasteiger charge is 2.27. The van der Waals surface area contributed by atoms with Crippen molar-refractivity contribution in [1.29, 1.82) is 0 Å². The van der Waals surface area contributed by atoms with Gasteiger partial charge in [0.15, 0.2) is 6.10 Å². The molecule has 1 N–H and O–H groups in total. The van der Waals surface area contributed by atoms with Crippen LogP contribution in [0.5, 0.6) is 0 Å². The average Bonchev–Trinajstić information content (AvgIpc) is 3.40. The molecular weight excluding hydrogens is 990 g/mol. The summed E-state index contributed by atoms with van der Waals surface area (Å²) >= 11 is 0. The fraction of sp³-hybridized carbons (Fsp3) is 0.824. The molecule has 0 spiro atoms. The van der Waals surface area contributed by atoms with Gasteiger partial charge >= 0.3 is 19.8 Å². The Morgan fingerprint density at radius 1 is 0.410 bits per heavy atom. The first-order valence-corrected chi connectivity index (χ1v) is 34.5. The number of nitrogens with zero attached hydrogens (tertiary/aromatic N) is 1. The minimum Gasteiger partial charge on any atom is -0.462 e. The van der Waals surface area contributed by atoms with E-state index in [0.717, 1.165) is 64.2 Å². The third-order valence-electron chi connectivity index (χ3n) is 14.5. The molecule has 0 bridgehead atoms. The summed E-state index contributed by atoms with van der Waals surface area (Å²) < 4.78 is 34.7. The molecule has 0 saturated carbocycles. The molecule has 0 amide bonds. The Balaban J connectivity index is 4.05. The lowest BCUT2D eigenvalue weighted by molar-refractivity contribution is -0.870. The van der Waals surface area contributed by atoms with E-state index in [4.69, 9.17) is 18.5 Å². The van der Waals surface area contributed by atoms with Crippen LogP contribution in [0.15, 0.2) is 60.8 Å². The fourth-order valence-electron chi connectivity index (χ4n) is 9.48. The number of phosphoric ester groups is 1. The number of carbonyl (C=O) groups is 2. The van der Waals surface area contributed by atoms with E-state index in [9.17, 15) is 19.0 Å². The van der Waals surface area contributed by atoms with E-state index in [1.54, 1.807) is 0 Å². The van der Waals surface area contributed by atoms with Gasteiger partial charge in [0.1, 0.15) is 19.8 Å². The lowest BCUT2D eigenvalue weighted by Crippen LogP contribution is -2.37. The Kier molecular flexibility index (Phi) is 57.6. The molecule has 0 aromatic heterocycles. The second-order valence-electron chi connectivity index (χ2n) is 23.5. The van der Waals surface area contributed by atoms with Crippen LogP contribution in [0.3, 0.4) is 0 Å². The normalized spacial score (nSPS) is 13.6. The molecule has 0 rings (SSSR count). The van der Waals surface area contributed by atoms with Crippen LogP contribution in [0.25, 0.3) is 0 Å². The summed E-state index contributed by atoms with van der Waals surface area (Å²) in [6.45, 7) is 4.36. The molecular formula is C68H127NO8P+. The Labute approximate surface area is 483 Å². The van der Waals surface area contributed by atoms with Gasteiger partial charge in [-0.1, -0.05) is 280 Å². The summed E-state index contributed by atoms with van der Waals surface area (Å²) in [5.74, 6) is -0.787. The van der Waals surface area contributed by atoms with Crippen LogP contribution in [-0.2, 0) is 32.7 Å². The van der Waals surface area contributed by atoms with Crippen molar-refractivity contribution in [3.63, 3.8) is 0 Å². The van der Waals surface area contributed by atoms with Crippen molar-refractivity contribution in [3.8, 4) is 0 Å². The number of rotatable bonds is 61. The molecule has 0 radical (unpaired) electrons.